The van der Waals surface area contributed by atoms with E-state index in [1.54, 1.807) is 24.3 Å². The first-order chi connectivity index (χ1) is 15.8. The van der Waals surface area contributed by atoms with E-state index in [0.29, 0.717) is 0 Å². The van der Waals surface area contributed by atoms with E-state index in [0.717, 1.165) is 11.1 Å². The van der Waals surface area contributed by atoms with Crippen LogP contribution in [-0.4, -0.2) is 37.5 Å². The molecule has 2 rings (SSSR count). The van der Waals surface area contributed by atoms with Crippen LogP contribution in [0.3, 0.4) is 0 Å². The second kappa shape index (κ2) is 13.3. The van der Waals surface area contributed by atoms with Crippen molar-refractivity contribution in [2.45, 2.75) is 20.3 Å². The minimum atomic E-state index is -1.29. The van der Waals surface area contributed by atoms with Crippen LogP contribution in [0.15, 0.2) is 48.5 Å². The fraction of sp³-hybridized carbons (Fsp3) is 0.238. The highest BCUT2D eigenvalue weighted by molar-refractivity contribution is 5.89. The number of carbonyl (C=O) groups is 4. The van der Waals surface area contributed by atoms with Crippen LogP contribution in [0.1, 0.15) is 38.3 Å². The number of carbonyl (C=O) groups excluding carboxylic acids is 4. The summed E-state index contributed by atoms with van der Waals surface area (Å²) in [5, 5.41) is 8.10. The molecule has 0 bridgehead atoms. The molecule has 2 aromatic carbocycles. The second-order valence-corrected chi connectivity index (χ2v) is 6.33. The predicted octanol–water partition coefficient (Wildman–Crippen LogP) is 3.71. The zero-order chi connectivity index (χ0) is 24.1. The lowest BCUT2D eigenvalue weighted by molar-refractivity contribution is -0.452. The van der Waals surface area contributed by atoms with Gasteiger partial charge in [-0.05, 0) is 38.1 Å². The second-order valence-electron chi connectivity index (χ2n) is 6.33. The summed E-state index contributed by atoms with van der Waals surface area (Å²) in [5.41, 5.74) is 2.27. The van der Waals surface area contributed by atoms with Crippen LogP contribution >= 0.6 is 0 Å². The Hall–Kier alpha value is -4.16. The Morgan fingerprint density at radius 2 is 0.939 bits per heavy atom. The molecule has 12 nitrogen and oxygen atoms in total. The van der Waals surface area contributed by atoms with E-state index in [2.05, 4.69) is 39.1 Å². The van der Waals surface area contributed by atoms with Gasteiger partial charge >= 0.3 is 24.2 Å². The maximum Gasteiger partial charge on any atom is 0.543 e. The van der Waals surface area contributed by atoms with Crippen molar-refractivity contribution in [3.8, 4) is 0 Å². The molecule has 176 valence electrons. The highest BCUT2D eigenvalue weighted by Gasteiger charge is 2.13. The van der Waals surface area contributed by atoms with Crippen molar-refractivity contribution in [1.82, 2.24) is 0 Å². The molecule has 0 atom stereocenters. The molecule has 0 N–H and O–H groups in total. The van der Waals surface area contributed by atoms with Gasteiger partial charge in [0.1, 0.15) is 0 Å². The summed E-state index contributed by atoms with van der Waals surface area (Å²) in [6.07, 6.45) is -2.53. The average molecular weight is 464 g/mol. The Morgan fingerprint density at radius 3 is 1.30 bits per heavy atom. The quantitative estimate of drug-likeness (QED) is 0.219. The Kier molecular flexibility index (Phi) is 10.1. The molecule has 0 aliphatic heterocycles. The van der Waals surface area contributed by atoms with Crippen LogP contribution in [0.4, 0.5) is 9.59 Å². The topological polar surface area (TPSA) is 142 Å². The summed E-state index contributed by atoms with van der Waals surface area (Å²) in [4.78, 5) is 62.6. The molecule has 0 fully saturated rings. The van der Waals surface area contributed by atoms with Crippen LogP contribution in [0.2, 0.25) is 0 Å². The van der Waals surface area contributed by atoms with Crippen LogP contribution in [0.5, 0.6) is 0 Å². The average Bonchev–Trinajstić information content (AvgIpc) is 2.79. The van der Waals surface area contributed by atoms with Crippen molar-refractivity contribution in [3.05, 3.63) is 70.8 Å². The number of rotatable bonds is 10. The minimum absolute atomic E-state index is 0.0521. The van der Waals surface area contributed by atoms with E-state index in [4.69, 9.17) is 0 Å². The lowest BCUT2D eigenvalue weighted by Crippen LogP contribution is -2.15. The fourth-order valence-corrected chi connectivity index (χ4v) is 2.04. The summed E-state index contributed by atoms with van der Waals surface area (Å²) >= 11 is 0. The Morgan fingerprint density at radius 1 is 0.576 bits per heavy atom. The Labute approximate surface area is 187 Å². The van der Waals surface area contributed by atoms with Gasteiger partial charge in [0.25, 0.3) is 0 Å². The Balaban J connectivity index is 1.48. The third-order valence-corrected chi connectivity index (χ3v) is 3.73. The number of benzene rings is 2. The lowest BCUT2D eigenvalue weighted by Gasteiger charge is -2.05. The molecular weight excluding hydrogens is 444 g/mol. The highest BCUT2D eigenvalue weighted by atomic mass is 17.5. The molecule has 2 aromatic rings. The first-order valence-electron chi connectivity index (χ1n) is 9.43. The summed E-state index contributed by atoms with van der Waals surface area (Å²) < 4.78 is 9.17. The molecule has 0 spiro atoms. The third kappa shape index (κ3) is 9.67. The molecule has 0 saturated heterocycles. The molecule has 0 saturated carbocycles. The molecule has 0 aromatic heterocycles. The molecule has 0 amide bonds. The van der Waals surface area contributed by atoms with Gasteiger partial charge < -0.3 is 9.47 Å². The number of aryl methyl sites for hydroxylation is 2. The van der Waals surface area contributed by atoms with Gasteiger partial charge in [-0.2, -0.15) is 0 Å². The summed E-state index contributed by atoms with van der Waals surface area (Å²) in [5.74, 6) is -1.75. The molecule has 0 radical (unpaired) electrons. The number of hydrogen-bond donors (Lipinski definition) is 0. The van der Waals surface area contributed by atoms with Crippen LogP contribution in [0.25, 0.3) is 0 Å². The molecule has 12 heteroatoms. The van der Waals surface area contributed by atoms with Gasteiger partial charge in [-0.3, -0.25) is 9.78 Å². The highest BCUT2D eigenvalue weighted by Crippen LogP contribution is 2.06. The molecular formula is C21H20O12. The maximum atomic E-state index is 11.6. The van der Waals surface area contributed by atoms with Gasteiger partial charge in [0, 0.05) is 6.42 Å². The molecule has 0 aliphatic carbocycles. The minimum Gasteiger partial charge on any atom is -0.432 e. The predicted molar refractivity (Wildman–Crippen MR) is 105 cm³/mol. The smallest absolute Gasteiger partial charge is 0.432 e. The zero-order valence-corrected chi connectivity index (χ0v) is 17.6. The zero-order valence-electron chi connectivity index (χ0n) is 17.6. The van der Waals surface area contributed by atoms with Gasteiger partial charge in [-0.1, -0.05) is 35.4 Å². The first-order valence-corrected chi connectivity index (χ1v) is 9.43. The number of hydrogen-bond acceptors (Lipinski definition) is 12. The summed E-state index contributed by atoms with van der Waals surface area (Å²) in [7, 11) is 0. The Bertz CT molecular complexity index is 859. The molecule has 0 unspecified atom stereocenters. The van der Waals surface area contributed by atoms with Crippen molar-refractivity contribution in [1.29, 1.82) is 0 Å². The fourth-order valence-electron chi connectivity index (χ4n) is 2.04. The van der Waals surface area contributed by atoms with E-state index in [1.807, 2.05) is 13.8 Å². The van der Waals surface area contributed by atoms with Crippen LogP contribution < -0.4 is 0 Å². The van der Waals surface area contributed by atoms with E-state index >= 15 is 0 Å². The van der Waals surface area contributed by atoms with Gasteiger partial charge in [0.05, 0.1) is 34.4 Å². The SMILES string of the molecule is Cc1ccc(C(=O)OOOC(=O)OCCCOC(=O)OOOC(=O)c2ccc(C)cc2)cc1. The van der Waals surface area contributed by atoms with Crippen LogP contribution in [0, 0.1) is 13.8 Å². The van der Waals surface area contributed by atoms with E-state index < -0.39 is 24.2 Å². The van der Waals surface area contributed by atoms with Crippen molar-refractivity contribution < 1.29 is 58.3 Å². The normalized spacial score (nSPS) is 10.0. The monoisotopic (exact) mass is 464 g/mol. The third-order valence-electron chi connectivity index (χ3n) is 3.73. The van der Waals surface area contributed by atoms with Crippen molar-refractivity contribution in [3.63, 3.8) is 0 Å². The molecule has 0 heterocycles. The van der Waals surface area contributed by atoms with Gasteiger partial charge in [0.15, 0.2) is 0 Å². The lowest BCUT2D eigenvalue weighted by atomic mass is 10.2. The van der Waals surface area contributed by atoms with Gasteiger partial charge in [0.2, 0.25) is 0 Å². The van der Waals surface area contributed by atoms with Crippen molar-refractivity contribution >= 4 is 24.2 Å². The first kappa shape index (κ1) is 25.1. The van der Waals surface area contributed by atoms with Gasteiger partial charge in [-0.25, -0.2) is 29.0 Å². The van der Waals surface area contributed by atoms with E-state index in [1.165, 1.54) is 24.3 Å². The summed E-state index contributed by atoms with van der Waals surface area (Å²) in [6, 6.07) is 12.8. The van der Waals surface area contributed by atoms with Crippen molar-refractivity contribution in [2.75, 3.05) is 13.2 Å². The van der Waals surface area contributed by atoms with Gasteiger partial charge in [-0.15, -0.1) is 0 Å². The number of ether oxygens (including phenoxy) is 2. The van der Waals surface area contributed by atoms with E-state index in [9.17, 15) is 19.2 Å². The standard InChI is InChI=1S/C21H20O12/c1-14-4-8-16(9-5-14)18(22)28-32-30-20(24)26-12-3-13-27-21(25)31-33-29-19(23)17-10-6-15(2)7-11-17/h4-11H,3,12-13H2,1-2H3. The molecule has 0 aliphatic rings. The largest absolute Gasteiger partial charge is 0.543 e. The van der Waals surface area contributed by atoms with Crippen LogP contribution in [-0.2, 0) is 39.1 Å². The van der Waals surface area contributed by atoms with E-state index in [-0.39, 0.29) is 30.8 Å². The van der Waals surface area contributed by atoms with Crippen molar-refractivity contribution in [2.24, 2.45) is 0 Å². The molecule has 33 heavy (non-hydrogen) atoms. The summed E-state index contributed by atoms with van der Waals surface area (Å²) in [6.45, 7) is 3.23. The maximum absolute atomic E-state index is 11.6.